The summed E-state index contributed by atoms with van der Waals surface area (Å²) < 4.78 is 22.8. The van der Waals surface area contributed by atoms with Gasteiger partial charge in [0.2, 0.25) is 5.27 Å². The third-order valence-corrected chi connectivity index (χ3v) is 6.20. The van der Waals surface area contributed by atoms with Crippen LogP contribution in [0.25, 0.3) is 21.8 Å². The van der Waals surface area contributed by atoms with Crippen LogP contribution < -0.4 is 30.2 Å². The van der Waals surface area contributed by atoms with Gasteiger partial charge in [0, 0.05) is 18.0 Å². The van der Waals surface area contributed by atoms with Gasteiger partial charge in [0.05, 0.1) is 31.1 Å². The van der Waals surface area contributed by atoms with Gasteiger partial charge in [0.25, 0.3) is 6.20 Å². The molecule has 1 aliphatic rings. The molecule has 1 saturated heterocycles. The van der Waals surface area contributed by atoms with Gasteiger partial charge in [-0.2, -0.15) is 0 Å². The molecule has 2 aromatic carbocycles. The summed E-state index contributed by atoms with van der Waals surface area (Å²) in [5.41, 5.74) is 1.77. The Morgan fingerprint density at radius 2 is 1.92 bits per heavy atom. The van der Waals surface area contributed by atoms with Crippen LogP contribution in [0, 0.1) is 0 Å². The molecule has 2 N–H and O–H groups in total. The van der Waals surface area contributed by atoms with Gasteiger partial charge in [-0.05, 0) is 18.4 Å². The number of morpholine rings is 1. The first kappa shape index (κ1) is 24.8. The molecule has 0 bridgehead atoms. The normalized spacial score (nSPS) is 15.7. The van der Waals surface area contributed by atoms with E-state index in [1.54, 1.807) is 11.0 Å². The summed E-state index contributed by atoms with van der Waals surface area (Å²) in [4.78, 5) is 19.1. The molecule has 2 aromatic heterocycles. The monoisotopic (exact) mass is 508 g/mol. The Bertz CT molecular complexity index is 1350. The van der Waals surface area contributed by atoms with Crippen molar-refractivity contribution in [2.75, 3.05) is 43.2 Å². The number of carbonyl (C=O) groups excluding carboxylic acids is 1. The average Bonchev–Trinajstić information content (AvgIpc) is 3.52. The number of amides is 1. The Kier molecular flexibility index (Phi) is 7.42. The number of fused-ring (bicyclic) bond motifs is 3. The Morgan fingerprint density at radius 1 is 1.14 bits per heavy atom. The van der Waals surface area contributed by atoms with Gasteiger partial charge in [-0.1, -0.05) is 50.2 Å². The van der Waals surface area contributed by atoms with E-state index < -0.39 is 18.3 Å². The van der Waals surface area contributed by atoms with E-state index in [4.69, 9.17) is 23.7 Å². The second-order valence-electron chi connectivity index (χ2n) is 9.29. The van der Waals surface area contributed by atoms with Gasteiger partial charge in [0.1, 0.15) is 11.9 Å². The summed E-state index contributed by atoms with van der Waals surface area (Å²) in [6.07, 6.45) is -0.0948. The van der Waals surface area contributed by atoms with Crippen LogP contribution in [0.1, 0.15) is 20.8 Å². The molecule has 37 heavy (non-hydrogen) atoms. The smallest absolute Gasteiger partial charge is 0.414 e. The van der Waals surface area contributed by atoms with Crippen LogP contribution >= 0.6 is 0 Å². The first-order valence-electron chi connectivity index (χ1n) is 12.5. The molecule has 11 heteroatoms. The minimum atomic E-state index is -0.657. The van der Waals surface area contributed by atoms with E-state index in [1.807, 2.05) is 68.2 Å². The van der Waals surface area contributed by atoms with Crippen molar-refractivity contribution in [3.8, 4) is 5.75 Å². The lowest BCUT2D eigenvalue weighted by atomic mass is 10.1. The molecular weight excluding hydrogens is 476 g/mol. The zero-order chi connectivity index (χ0) is 25.8. The van der Waals surface area contributed by atoms with E-state index in [9.17, 15) is 4.79 Å². The summed E-state index contributed by atoms with van der Waals surface area (Å²) in [6, 6.07) is 14.0. The van der Waals surface area contributed by atoms with Crippen molar-refractivity contribution in [1.29, 1.82) is 0 Å². The van der Waals surface area contributed by atoms with E-state index in [1.165, 1.54) is 0 Å². The molecule has 1 aliphatic heterocycles. The first-order chi connectivity index (χ1) is 18.0. The van der Waals surface area contributed by atoms with Crippen molar-refractivity contribution in [2.24, 2.45) is 0 Å². The number of para-hydroxylation sites is 1. The molecule has 2 unspecified atom stereocenters. The third kappa shape index (κ3) is 5.78. The van der Waals surface area contributed by atoms with E-state index in [2.05, 4.69) is 15.9 Å². The molecule has 0 aliphatic carbocycles. The zero-order valence-electron chi connectivity index (χ0n) is 21.2. The average molecular weight is 509 g/mol. The van der Waals surface area contributed by atoms with Gasteiger partial charge < -0.3 is 24.5 Å². The molecular formula is C26H32N6O5. The van der Waals surface area contributed by atoms with Crippen molar-refractivity contribution < 1.29 is 28.3 Å². The molecule has 1 amide bonds. The number of benzene rings is 2. The van der Waals surface area contributed by atoms with Gasteiger partial charge >= 0.3 is 12.0 Å². The maximum Gasteiger partial charge on any atom is 0.414 e. The number of aromatic nitrogens is 3. The van der Waals surface area contributed by atoms with Crippen molar-refractivity contribution in [3.05, 3.63) is 48.7 Å². The highest BCUT2D eigenvalue weighted by atomic mass is 16.6. The van der Waals surface area contributed by atoms with Gasteiger partial charge in [-0.25, -0.2) is 4.79 Å². The number of nitrogens with zero attached hydrogens (tertiary/aromatic N) is 4. The van der Waals surface area contributed by atoms with Crippen molar-refractivity contribution in [2.45, 2.75) is 39.0 Å². The predicted molar refractivity (Wildman–Crippen MR) is 137 cm³/mol. The molecule has 196 valence electrons. The van der Waals surface area contributed by atoms with Crippen LogP contribution in [0.3, 0.4) is 0 Å². The fraction of sp³-hybridized carbons (Fsp3) is 0.423. The van der Waals surface area contributed by atoms with Gasteiger partial charge in [0.15, 0.2) is 6.10 Å². The minimum absolute atomic E-state index is 0.180. The SMILES string of the molecule is CC(C)NCC(OC(=O)Nc1c[n+](N2CCOCC2)no1)C(C)Oc1cccc2[n-]c3ccccc3c12. The highest BCUT2D eigenvalue weighted by Crippen LogP contribution is 2.33. The molecule has 5 rings (SSSR count). The molecule has 0 saturated carbocycles. The van der Waals surface area contributed by atoms with E-state index in [0.29, 0.717) is 38.6 Å². The van der Waals surface area contributed by atoms with Crippen molar-refractivity contribution in [1.82, 2.24) is 15.6 Å². The minimum Gasteiger partial charge on any atom is -0.657 e. The lowest BCUT2D eigenvalue weighted by Gasteiger charge is -2.26. The number of rotatable bonds is 9. The van der Waals surface area contributed by atoms with Crippen LogP contribution in [0.5, 0.6) is 5.75 Å². The maximum absolute atomic E-state index is 12.8. The highest BCUT2D eigenvalue weighted by Gasteiger charge is 2.27. The molecule has 1 fully saturated rings. The largest absolute Gasteiger partial charge is 0.657 e. The third-order valence-electron chi connectivity index (χ3n) is 6.20. The second-order valence-corrected chi connectivity index (χ2v) is 9.29. The first-order valence-corrected chi connectivity index (χ1v) is 12.5. The van der Waals surface area contributed by atoms with Gasteiger partial charge in [-0.15, -0.1) is 16.0 Å². The van der Waals surface area contributed by atoms with Gasteiger partial charge in [-0.3, -0.25) is 9.84 Å². The van der Waals surface area contributed by atoms with E-state index in [0.717, 1.165) is 21.8 Å². The summed E-state index contributed by atoms with van der Waals surface area (Å²) >= 11 is 0. The standard InChI is InChI=1S/C26H32N6O5/c1-17(2)27-15-23(36-26(33)29-24-16-32(30-37-24)31-11-13-34-14-12-31)18(3)35-22-10-6-9-21-25(22)19-7-4-5-8-20(19)28-21/h4-10,16-18,23,27H,11-15H2,1-3H3,(H,29,30,33). The quantitative estimate of drug-likeness (QED) is 0.329. The lowest BCUT2D eigenvalue weighted by molar-refractivity contribution is -0.759. The number of hydrogen-bond donors (Lipinski definition) is 2. The van der Waals surface area contributed by atoms with E-state index >= 15 is 0 Å². The Hall–Kier alpha value is -3.83. The number of nitrogens with one attached hydrogen (secondary N) is 2. The molecule has 3 heterocycles. The predicted octanol–water partition coefficient (Wildman–Crippen LogP) is 2.58. The second kappa shape index (κ2) is 11.1. The Balaban J connectivity index is 1.29. The highest BCUT2D eigenvalue weighted by molar-refractivity contribution is 6.10. The molecule has 11 nitrogen and oxygen atoms in total. The van der Waals surface area contributed by atoms with E-state index in [-0.39, 0.29) is 11.9 Å². The number of hydrogen-bond acceptors (Lipinski definition) is 8. The van der Waals surface area contributed by atoms with Crippen molar-refractivity contribution in [3.63, 3.8) is 0 Å². The summed E-state index contributed by atoms with van der Waals surface area (Å²) in [5, 5.41) is 13.9. The number of carbonyl (C=O) groups is 1. The number of anilines is 1. The molecule has 0 radical (unpaired) electrons. The molecule has 2 atom stereocenters. The maximum atomic E-state index is 12.8. The fourth-order valence-corrected chi connectivity index (χ4v) is 4.28. The van der Waals surface area contributed by atoms with Crippen LogP contribution in [-0.2, 0) is 9.47 Å². The van der Waals surface area contributed by atoms with Crippen molar-refractivity contribution >= 4 is 33.8 Å². The summed E-state index contributed by atoms with van der Waals surface area (Å²) in [6.45, 7) is 8.94. The Morgan fingerprint density at radius 3 is 2.73 bits per heavy atom. The number of ether oxygens (including phenoxy) is 3. The summed E-state index contributed by atoms with van der Waals surface area (Å²) in [7, 11) is 0. The zero-order valence-corrected chi connectivity index (χ0v) is 21.2. The topological polar surface area (TPSA) is 116 Å². The molecule has 4 aromatic rings. The fourth-order valence-electron chi connectivity index (χ4n) is 4.28. The van der Waals surface area contributed by atoms with Crippen LogP contribution in [0.4, 0.5) is 10.7 Å². The summed E-state index contributed by atoms with van der Waals surface area (Å²) in [5.74, 6) is 0.874. The lowest BCUT2D eigenvalue weighted by Crippen LogP contribution is -2.62. The van der Waals surface area contributed by atoms with Crippen LogP contribution in [-0.4, -0.2) is 62.5 Å². The van der Waals surface area contributed by atoms with Crippen LogP contribution in [0.2, 0.25) is 0 Å². The molecule has 0 spiro atoms. The Labute approximate surface area is 214 Å². The van der Waals surface area contributed by atoms with Crippen LogP contribution in [0.15, 0.2) is 53.2 Å².